The maximum Gasteiger partial charge on any atom is 0.309 e. The smallest absolute Gasteiger partial charge is 0.309 e. The molecule has 1 fully saturated rings. The predicted molar refractivity (Wildman–Crippen MR) is 70.9 cm³/mol. The molecule has 0 saturated carbocycles. The average molecular weight is 286 g/mol. The molecule has 0 spiro atoms. The van der Waals surface area contributed by atoms with Crippen molar-refractivity contribution in [1.82, 2.24) is 4.90 Å². The summed E-state index contributed by atoms with van der Waals surface area (Å²) >= 11 is 0. The number of amides is 1. The van der Waals surface area contributed by atoms with Crippen molar-refractivity contribution < 1.29 is 24.6 Å². The van der Waals surface area contributed by atoms with Gasteiger partial charge in [0.05, 0.1) is 17.9 Å². The number of carbonyl (C=O) groups is 3. The first kappa shape index (κ1) is 16.4. The van der Waals surface area contributed by atoms with Crippen molar-refractivity contribution in [1.29, 1.82) is 0 Å². The summed E-state index contributed by atoms with van der Waals surface area (Å²) in [5, 5.41) is 18.1. The number of rotatable bonds is 5. The van der Waals surface area contributed by atoms with E-state index >= 15 is 0 Å². The molecule has 114 valence electrons. The van der Waals surface area contributed by atoms with Crippen LogP contribution in [0.5, 0.6) is 0 Å². The molecule has 0 aromatic carbocycles. The summed E-state index contributed by atoms with van der Waals surface area (Å²) in [7, 11) is 0. The number of aliphatic carboxylic acids is 2. The minimum absolute atomic E-state index is 0.0864. The highest BCUT2D eigenvalue weighted by Crippen LogP contribution is 2.25. The van der Waals surface area contributed by atoms with Crippen molar-refractivity contribution >= 4 is 17.8 Å². The lowest BCUT2D eigenvalue weighted by atomic mass is 9.85. The number of likely N-dealkylation sites (tertiary alicyclic amines) is 1. The van der Waals surface area contributed by atoms with Crippen molar-refractivity contribution in [3.63, 3.8) is 0 Å². The summed E-state index contributed by atoms with van der Waals surface area (Å²) in [4.78, 5) is 35.7. The van der Waals surface area contributed by atoms with Gasteiger partial charge in [-0.25, -0.2) is 0 Å². The third-order valence-corrected chi connectivity index (χ3v) is 3.60. The van der Waals surface area contributed by atoms with Crippen molar-refractivity contribution in [3.8, 4) is 0 Å². The Morgan fingerprint density at radius 2 is 1.75 bits per heavy atom. The highest BCUT2D eigenvalue weighted by molar-refractivity contribution is 5.84. The van der Waals surface area contributed by atoms with E-state index in [0.29, 0.717) is 6.42 Å². The molecule has 0 aromatic heterocycles. The number of carbonyl (C=O) groups excluding carboxylic acids is 1. The molecule has 20 heavy (non-hydrogen) atoms. The molecule has 0 aliphatic carbocycles. The first-order chi connectivity index (χ1) is 9.23. The van der Waals surface area contributed by atoms with Gasteiger partial charge in [0.1, 0.15) is 0 Å². The molecule has 1 rings (SSSR count). The maximum atomic E-state index is 12.1. The molecule has 3 atom stereocenters. The summed E-state index contributed by atoms with van der Waals surface area (Å²) in [6, 6.07) is -0.661. The minimum Gasteiger partial charge on any atom is -0.481 e. The van der Waals surface area contributed by atoms with Crippen molar-refractivity contribution in [2.75, 3.05) is 13.1 Å². The van der Waals surface area contributed by atoms with E-state index in [9.17, 15) is 14.4 Å². The number of piperidine rings is 1. The Morgan fingerprint density at radius 3 is 2.20 bits per heavy atom. The molecular formula is C13H22N2O5. The molecule has 0 aromatic rings. The van der Waals surface area contributed by atoms with Crippen molar-refractivity contribution in [2.45, 2.75) is 32.7 Å². The second kappa shape index (κ2) is 6.69. The van der Waals surface area contributed by atoms with Crippen LogP contribution in [0.4, 0.5) is 0 Å². The molecule has 0 radical (unpaired) electrons. The van der Waals surface area contributed by atoms with Gasteiger partial charge in [0.25, 0.3) is 0 Å². The molecule has 7 nitrogen and oxygen atoms in total. The maximum absolute atomic E-state index is 12.1. The molecule has 1 saturated heterocycles. The number of hydrogen-bond donors (Lipinski definition) is 3. The monoisotopic (exact) mass is 286 g/mol. The largest absolute Gasteiger partial charge is 0.481 e. The van der Waals surface area contributed by atoms with Gasteiger partial charge in [-0.3, -0.25) is 14.4 Å². The molecule has 1 aliphatic heterocycles. The summed E-state index contributed by atoms with van der Waals surface area (Å²) < 4.78 is 0. The summed E-state index contributed by atoms with van der Waals surface area (Å²) in [6.07, 6.45) is 0.669. The van der Waals surface area contributed by atoms with Gasteiger partial charge in [-0.2, -0.15) is 0 Å². The zero-order chi connectivity index (χ0) is 15.4. The van der Waals surface area contributed by atoms with Gasteiger partial charge in [-0.05, 0) is 18.8 Å². The summed E-state index contributed by atoms with van der Waals surface area (Å²) in [5.41, 5.74) is 5.81. The molecule has 4 N–H and O–H groups in total. The van der Waals surface area contributed by atoms with Gasteiger partial charge in [0.15, 0.2) is 0 Å². The van der Waals surface area contributed by atoms with E-state index in [0.717, 1.165) is 0 Å². The number of carboxylic acids is 2. The Balaban J connectivity index is 2.73. The quantitative estimate of drug-likeness (QED) is 0.653. The van der Waals surface area contributed by atoms with E-state index in [1.54, 1.807) is 0 Å². The Morgan fingerprint density at radius 1 is 1.20 bits per heavy atom. The SMILES string of the molecule is CC(C)C[C@@H](N)C(=O)N1CCC(C(=O)O)C(C(=O)O)C1. The Kier molecular flexibility index (Phi) is 5.50. The van der Waals surface area contributed by atoms with Crippen LogP contribution in [0, 0.1) is 17.8 Å². The number of carboxylic acid groups (broad SMARTS) is 2. The van der Waals surface area contributed by atoms with Gasteiger partial charge < -0.3 is 20.8 Å². The van der Waals surface area contributed by atoms with Crippen LogP contribution in [-0.2, 0) is 14.4 Å². The van der Waals surface area contributed by atoms with E-state index < -0.39 is 29.8 Å². The molecule has 7 heteroatoms. The van der Waals surface area contributed by atoms with Crippen LogP contribution in [0.1, 0.15) is 26.7 Å². The zero-order valence-corrected chi connectivity index (χ0v) is 11.8. The molecule has 0 bridgehead atoms. The Labute approximate surface area is 117 Å². The first-order valence-corrected chi connectivity index (χ1v) is 6.74. The van der Waals surface area contributed by atoms with Crippen LogP contribution >= 0.6 is 0 Å². The van der Waals surface area contributed by atoms with E-state index in [1.165, 1.54) is 4.90 Å². The zero-order valence-electron chi connectivity index (χ0n) is 11.8. The average Bonchev–Trinajstić information content (AvgIpc) is 2.36. The Hall–Kier alpha value is -1.63. The fraction of sp³-hybridized carbons (Fsp3) is 0.769. The van der Waals surface area contributed by atoms with Crippen LogP contribution in [0.25, 0.3) is 0 Å². The first-order valence-electron chi connectivity index (χ1n) is 6.74. The van der Waals surface area contributed by atoms with E-state index in [-0.39, 0.29) is 31.3 Å². The second-order valence-corrected chi connectivity index (χ2v) is 5.70. The third-order valence-electron chi connectivity index (χ3n) is 3.60. The lowest BCUT2D eigenvalue weighted by Gasteiger charge is -2.36. The summed E-state index contributed by atoms with van der Waals surface area (Å²) in [6.45, 7) is 4.05. The van der Waals surface area contributed by atoms with E-state index in [1.807, 2.05) is 13.8 Å². The highest BCUT2D eigenvalue weighted by Gasteiger charge is 2.40. The normalized spacial score (nSPS) is 24.5. The molecule has 1 amide bonds. The van der Waals surface area contributed by atoms with Gasteiger partial charge in [0.2, 0.25) is 5.91 Å². The topological polar surface area (TPSA) is 121 Å². The highest BCUT2D eigenvalue weighted by atomic mass is 16.4. The lowest BCUT2D eigenvalue weighted by molar-refractivity contribution is -0.159. The van der Waals surface area contributed by atoms with Crippen molar-refractivity contribution in [2.24, 2.45) is 23.5 Å². The molecular weight excluding hydrogens is 264 g/mol. The Bertz CT molecular complexity index is 396. The lowest BCUT2D eigenvalue weighted by Crippen LogP contribution is -2.53. The fourth-order valence-corrected chi connectivity index (χ4v) is 2.54. The standard InChI is InChI=1S/C13H22N2O5/c1-7(2)5-10(14)11(16)15-4-3-8(12(17)18)9(6-15)13(19)20/h7-10H,3-6,14H2,1-2H3,(H,17,18)(H,19,20)/t8?,9?,10-/m1/s1. The predicted octanol–water partition coefficient (Wildman–Crippen LogP) is -0.00630. The summed E-state index contributed by atoms with van der Waals surface area (Å²) in [5.74, 6) is -4.37. The molecule has 2 unspecified atom stereocenters. The third kappa shape index (κ3) is 3.93. The van der Waals surface area contributed by atoms with Gasteiger partial charge >= 0.3 is 11.9 Å². The number of nitrogens with two attached hydrogens (primary N) is 1. The van der Waals surface area contributed by atoms with Crippen LogP contribution in [0.15, 0.2) is 0 Å². The van der Waals surface area contributed by atoms with Gasteiger partial charge in [0, 0.05) is 13.1 Å². The van der Waals surface area contributed by atoms with Crippen LogP contribution in [-0.4, -0.2) is 52.1 Å². The minimum atomic E-state index is -1.19. The van der Waals surface area contributed by atoms with E-state index in [4.69, 9.17) is 15.9 Å². The number of hydrogen-bond acceptors (Lipinski definition) is 4. The van der Waals surface area contributed by atoms with Crippen LogP contribution in [0.2, 0.25) is 0 Å². The second-order valence-electron chi connectivity index (χ2n) is 5.70. The van der Waals surface area contributed by atoms with Crippen LogP contribution < -0.4 is 5.73 Å². The van der Waals surface area contributed by atoms with Crippen molar-refractivity contribution in [3.05, 3.63) is 0 Å². The molecule has 1 heterocycles. The molecule has 1 aliphatic rings. The van der Waals surface area contributed by atoms with Gasteiger partial charge in [-0.1, -0.05) is 13.8 Å². The number of nitrogens with zero attached hydrogens (tertiary/aromatic N) is 1. The van der Waals surface area contributed by atoms with Gasteiger partial charge in [-0.15, -0.1) is 0 Å². The van der Waals surface area contributed by atoms with Crippen LogP contribution in [0.3, 0.4) is 0 Å². The fourth-order valence-electron chi connectivity index (χ4n) is 2.54. The van der Waals surface area contributed by atoms with E-state index in [2.05, 4.69) is 0 Å².